The van der Waals surface area contributed by atoms with Gasteiger partial charge in [-0.15, -0.1) is 0 Å². The number of nitrogens with zero attached hydrogens (tertiary/aromatic N) is 1. The van der Waals surface area contributed by atoms with Gasteiger partial charge in [0.1, 0.15) is 0 Å². The minimum atomic E-state index is 0.0169. The van der Waals surface area contributed by atoms with Gasteiger partial charge in [-0.2, -0.15) is 0 Å². The molecular weight excluding hydrogens is 194 g/mol. The highest BCUT2D eigenvalue weighted by Gasteiger charge is 2.21. The van der Waals surface area contributed by atoms with Crippen LogP contribution in [0.5, 0.6) is 0 Å². The van der Waals surface area contributed by atoms with Crippen LogP contribution >= 0.6 is 0 Å². The Hall–Kier alpha value is -0.160. The van der Waals surface area contributed by atoms with E-state index >= 15 is 0 Å². The molecular formula is C11H21NO3. The zero-order valence-electron chi connectivity index (χ0n) is 9.23. The lowest BCUT2D eigenvalue weighted by Gasteiger charge is -2.32. The third kappa shape index (κ3) is 3.41. The van der Waals surface area contributed by atoms with Gasteiger partial charge >= 0.3 is 0 Å². The zero-order valence-corrected chi connectivity index (χ0v) is 9.23. The smallest absolute Gasteiger partial charge is 0.0932 e. The largest absolute Gasteiger partial charge is 0.394 e. The summed E-state index contributed by atoms with van der Waals surface area (Å²) < 4.78 is 11.0. The van der Waals surface area contributed by atoms with Crippen LogP contribution in [0.4, 0.5) is 0 Å². The molecule has 0 bridgehead atoms. The van der Waals surface area contributed by atoms with Gasteiger partial charge in [0.2, 0.25) is 0 Å². The fraction of sp³-hybridized carbons (Fsp3) is 1.00. The van der Waals surface area contributed by atoms with Crippen molar-refractivity contribution in [1.82, 2.24) is 4.90 Å². The molecule has 0 spiro atoms. The van der Waals surface area contributed by atoms with E-state index in [1.807, 2.05) is 0 Å². The first kappa shape index (κ1) is 11.3. The van der Waals surface area contributed by atoms with Gasteiger partial charge in [-0.3, -0.25) is 4.90 Å². The van der Waals surface area contributed by atoms with Crippen molar-refractivity contribution in [3.8, 4) is 0 Å². The second kappa shape index (κ2) is 5.80. The van der Waals surface area contributed by atoms with Crippen LogP contribution in [0.15, 0.2) is 0 Å². The van der Waals surface area contributed by atoms with Crippen LogP contribution in [0.3, 0.4) is 0 Å². The van der Waals surface area contributed by atoms with E-state index in [1.54, 1.807) is 0 Å². The highest BCUT2D eigenvalue weighted by Crippen LogP contribution is 2.16. The quantitative estimate of drug-likeness (QED) is 0.730. The molecule has 15 heavy (non-hydrogen) atoms. The third-order valence-corrected chi connectivity index (χ3v) is 3.22. The first-order valence-corrected chi connectivity index (χ1v) is 5.95. The van der Waals surface area contributed by atoms with Crippen LogP contribution in [-0.2, 0) is 9.47 Å². The van der Waals surface area contributed by atoms with Gasteiger partial charge < -0.3 is 14.6 Å². The van der Waals surface area contributed by atoms with Gasteiger partial charge in [0.15, 0.2) is 0 Å². The highest BCUT2D eigenvalue weighted by atomic mass is 16.5. The Morgan fingerprint density at radius 1 is 1.20 bits per heavy atom. The Kier molecular flexibility index (Phi) is 4.38. The molecule has 0 amide bonds. The monoisotopic (exact) mass is 215 g/mol. The fourth-order valence-electron chi connectivity index (χ4n) is 2.29. The van der Waals surface area contributed by atoms with Gasteiger partial charge in [0, 0.05) is 26.2 Å². The molecule has 0 radical (unpaired) electrons. The summed E-state index contributed by atoms with van der Waals surface area (Å²) in [5.74, 6) is 0. The molecule has 2 rings (SSSR count). The summed E-state index contributed by atoms with van der Waals surface area (Å²) in [4.78, 5) is 2.37. The predicted octanol–water partition coefficient (Wildman–Crippen LogP) is 0.249. The molecule has 0 aromatic heterocycles. The van der Waals surface area contributed by atoms with E-state index in [-0.39, 0.29) is 12.7 Å². The Labute approximate surface area is 91.2 Å². The maximum atomic E-state index is 9.01. The number of morpholine rings is 1. The molecule has 2 saturated heterocycles. The van der Waals surface area contributed by atoms with Gasteiger partial charge in [-0.05, 0) is 19.3 Å². The number of aliphatic hydroxyl groups excluding tert-OH is 1. The normalized spacial score (nSPS) is 33.4. The molecule has 0 aromatic carbocycles. The summed E-state index contributed by atoms with van der Waals surface area (Å²) in [5, 5.41) is 9.01. The van der Waals surface area contributed by atoms with E-state index < -0.39 is 0 Å². The SMILES string of the molecule is OCC1CN(CCC2CCCO2)CCO1. The lowest BCUT2D eigenvalue weighted by molar-refractivity contribution is -0.0555. The zero-order chi connectivity index (χ0) is 10.5. The van der Waals surface area contributed by atoms with E-state index in [0.29, 0.717) is 6.10 Å². The topological polar surface area (TPSA) is 41.9 Å². The van der Waals surface area contributed by atoms with Crippen LogP contribution in [0.1, 0.15) is 19.3 Å². The molecule has 2 atom stereocenters. The summed E-state index contributed by atoms with van der Waals surface area (Å²) in [6.07, 6.45) is 4.04. The Morgan fingerprint density at radius 2 is 2.07 bits per heavy atom. The van der Waals surface area contributed by atoms with E-state index in [4.69, 9.17) is 14.6 Å². The van der Waals surface area contributed by atoms with E-state index in [0.717, 1.165) is 39.3 Å². The maximum absolute atomic E-state index is 9.01. The van der Waals surface area contributed by atoms with E-state index in [2.05, 4.69) is 4.90 Å². The van der Waals surface area contributed by atoms with Crippen LogP contribution in [-0.4, -0.2) is 61.7 Å². The van der Waals surface area contributed by atoms with E-state index in [1.165, 1.54) is 12.8 Å². The summed E-state index contributed by atoms with van der Waals surface area (Å²) in [7, 11) is 0. The van der Waals surface area contributed by atoms with Crippen molar-refractivity contribution in [2.75, 3.05) is 39.5 Å². The van der Waals surface area contributed by atoms with Crippen molar-refractivity contribution in [2.45, 2.75) is 31.5 Å². The van der Waals surface area contributed by atoms with Crippen LogP contribution in [0.2, 0.25) is 0 Å². The third-order valence-electron chi connectivity index (χ3n) is 3.22. The molecule has 2 unspecified atom stereocenters. The second-order valence-corrected chi connectivity index (χ2v) is 4.40. The van der Waals surface area contributed by atoms with E-state index in [9.17, 15) is 0 Å². The molecule has 0 aliphatic carbocycles. The average molecular weight is 215 g/mol. The lowest BCUT2D eigenvalue weighted by atomic mass is 10.1. The number of rotatable bonds is 4. The summed E-state index contributed by atoms with van der Waals surface area (Å²) >= 11 is 0. The lowest BCUT2D eigenvalue weighted by Crippen LogP contribution is -2.44. The summed E-state index contributed by atoms with van der Waals surface area (Å²) in [6, 6.07) is 0. The maximum Gasteiger partial charge on any atom is 0.0932 e. The van der Waals surface area contributed by atoms with Crippen molar-refractivity contribution in [3.63, 3.8) is 0 Å². The van der Waals surface area contributed by atoms with Gasteiger partial charge in [-0.25, -0.2) is 0 Å². The first-order valence-electron chi connectivity index (χ1n) is 5.95. The van der Waals surface area contributed by atoms with Crippen molar-refractivity contribution in [1.29, 1.82) is 0 Å². The molecule has 88 valence electrons. The molecule has 0 saturated carbocycles. The standard InChI is InChI=1S/C11H21NO3/c13-9-11-8-12(5-7-15-11)4-3-10-2-1-6-14-10/h10-11,13H,1-9H2. The number of hydrogen-bond acceptors (Lipinski definition) is 4. The molecule has 4 heteroatoms. The molecule has 2 aliphatic rings. The number of hydrogen-bond donors (Lipinski definition) is 1. The van der Waals surface area contributed by atoms with Crippen LogP contribution in [0, 0.1) is 0 Å². The molecule has 2 fully saturated rings. The first-order chi connectivity index (χ1) is 7.38. The van der Waals surface area contributed by atoms with Gasteiger partial charge in [-0.1, -0.05) is 0 Å². The molecule has 2 aliphatic heterocycles. The minimum absolute atomic E-state index is 0.0169. The molecule has 1 N–H and O–H groups in total. The summed E-state index contributed by atoms with van der Waals surface area (Å²) in [6.45, 7) is 4.75. The van der Waals surface area contributed by atoms with Gasteiger partial charge in [0.25, 0.3) is 0 Å². The summed E-state index contributed by atoms with van der Waals surface area (Å²) in [5.41, 5.74) is 0. The van der Waals surface area contributed by atoms with Crippen LogP contribution in [0.25, 0.3) is 0 Å². The van der Waals surface area contributed by atoms with Crippen molar-refractivity contribution < 1.29 is 14.6 Å². The Morgan fingerprint density at radius 3 is 2.80 bits per heavy atom. The fourth-order valence-corrected chi connectivity index (χ4v) is 2.29. The number of aliphatic hydroxyl groups is 1. The van der Waals surface area contributed by atoms with Crippen molar-refractivity contribution in [2.24, 2.45) is 0 Å². The van der Waals surface area contributed by atoms with Crippen LogP contribution < -0.4 is 0 Å². The van der Waals surface area contributed by atoms with Crippen molar-refractivity contribution >= 4 is 0 Å². The molecule has 2 heterocycles. The minimum Gasteiger partial charge on any atom is -0.394 e. The van der Waals surface area contributed by atoms with Gasteiger partial charge in [0.05, 0.1) is 25.4 Å². The average Bonchev–Trinajstić information content (AvgIpc) is 2.79. The predicted molar refractivity (Wildman–Crippen MR) is 56.9 cm³/mol. The Balaban J connectivity index is 1.65. The second-order valence-electron chi connectivity index (χ2n) is 4.40. The highest BCUT2D eigenvalue weighted by molar-refractivity contribution is 4.73. The van der Waals surface area contributed by atoms with Crippen molar-refractivity contribution in [3.05, 3.63) is 0 Å². The molecule has 0 aromatic rings. The molecule has 4 nitrogen and oxygen atoms in total. The Bertz CT molecular complexity index is 183. The number of ether oxygens (including phenoxy) is 2.